The van der Waals surface area contributed by atoms with Crippen LogP contribution in [0.1, 0.15) is 0 Å². The largest absolute Gasteiger partial charge is 0.309 e. The van der Waals surface area contributed by atoms with E-state index in [2.05, 4.69) is 146 Å². The molecule has 12 rings (SSSR count). The summed E-state index contributed by atoms with van der Waals surface area (Å²) in [6, 6.07) is 61.2. The van der Waals surface area contributed by atoms with Crippen LogP contribution in [0.25, 0.3) is 111 Å². The minimum Gasteiger partial charge on any atom is -0.309 e. The Morgan fingerprint density at radius 1 is 0.362 bits per heavy atom. The van der Waals surface area contributed by atoms with Crippen molar-refractivity contribution in [2.24, 2.45) is 0 Å². The van der Waals surface area contributed by atoms with Gasteiger partial charge in [0.15, 0.2) is 11.6 Å². The van der Waals surface area contributed by atoms with Crippen molar-refractivity contribution in [2.75, 3.05) is 0 Å². The van der Waals surface area contributed by atoms with Crippen molar-refractivity contribution in [1.82, 2.24) is 33.9 Å². The summed E-state index contributed by atoms with van der Waals surface area (Å²) in [5.41, 5.74) is 11.0. The number of hydrogen-bond donors (Lipinski definition) is 0. The van der Waals surface area contributed by atoms with E-state index in [0.717, 1.165) is 66.4 Å². The SMILES string of the molecule is c1ccc(-c2cccc(-c3nc(-c4cccc(-c5ccccn5)c4)nc(-n4c5ccccc5c5ccc6c(c7ccccc7c7cc8ccccc8n76)c54)n3)c2)nc1. The summed E-state index contributed by atoms with van der Waals surface area (Å²) in [6.45, 7) is 0. The molecule has 0 saturated heterocycles. The van der Waals surface area contributed by atoms with Crippen LogP contribution in [-0.4, -0.2) is 33.9 Å². The molecule has 7 heteroatoms. The van der Waals surface area contributed by atoms with E-state index >= 15 is 0 Å². The fourth-order valence-corrected chi connectivity index (χ4v) is 8.67. The second-order valence-electron chi connectivity index (χ2n) is 14.6. The molecule has 0 aliphatic heterocycles. The highest BCUT2D eigenvalue weighted by Crippen LogP contribution is 2.42. The molecule has 58 heavy (non-hydrogen) atoms. The van der Waals surface area contributed by atoms with Gasteiger partial charge in [0, 0.05) is 61.6 Å². The Bertz CT molecular complexity index is 3470. The number of rotatable bonds is 5. The predicted octanol–water partition coefficient (Wildman–Crippen LogP) is 12.1. The Kier molecular flexibility index (Phi) is 7.09. The summed E-state index contributed by atoms with van der Waals surface area (Å²) >= 11 is 0. The minimum atomic E-state index is 0.534. The van der Waals surface area contributed by atoms with Crippen LogP contribution in [-0.2, 0) is 0 Å². The number of nitrogens with zero attached hydrogens (tertiary/aromatic N) is 7. The first kappa shape index (κ1) is 32.2. The van der Waals surface area contributed by atoms with E-state index in [-0.39, 0.29) is 0 Å². The molecule has 0 saturated carbocycles. The van der Waals surface area contributed by atoms with Gasteiger partial charge < -0.3 is 4.40 Å². The average Bonchev–Trinajstić information content (AvgIpc) is 3.86. The maximum Gasteiger partial charge on any atom is 0.238 e. The smallest absolute Gasteiger partial charge is 0.238 e. The molecule has 12 aromatic rings. The Balaban J connectivity index is 1.20. The van der Waals surface area contributed by atoms with Gasteiger partial charge in [0.25, 0.3) is 0 Å². The van der Waals surface area contributed by atoms with Gasteiger partial charge >= 0.3 is 0 Å². The topological polar surface area (TPSA) is 73.8 Å². The maximum atomic E-state index is 5.38. The van der Waals surface area contributed by atoms with Crippen molar-refractivity contribution < 1.29 is 0 Å². The molecule has 0 aliphatic rings. The minimum absolute atomic E-state index is 0.534. The van der Waals surface area contributed by atoms with E-state index in [0.29, 0.717) is 17.6 Å². The summed E-state index contributed by atoms with van der Waals surface area (Å²) < 4.78 is 4.65. The molecule has 0 atom stereocenters. The lowest BCUT2D eigenvalue weighted by molar-refractivity contribution is 0.955. The Morgan fingerprint density at radius 3 is 1.59 bits per heavy atom. The quantitative estimate of drug-likeness (QED) is 0.164. The van der Waals surface area contributed by atoms with Gasteiger partial charge in [-0.1, -0.05) is 115 Å². The lowest BCUT2D eigenvalue weighted by Crippen LogP contribution is -2.07. The van der Waals surface area contributed by atoms with E-state index in [1.165, 1.54) is 27.2 Å². The highest BCUT2D eigenvalue weighted by atomic mass is 15.2. The zero-order valence-electron chi connectivity index (χ0n) is 31.0. The first-order valence-electron chi connectivity index (χ1n) is 19.3. The van der Waals surface area contributed by atoms with Crippen LogP contribution in [0.4, 0.5) is 0 Å². The molecular weight excluding hydrogens is 711 g/mol. The lowest BCUT2D eigenvalue weighted by Gasteiger charge is -2.15. The van der Waals surface area contributed by atoms with Crippen LogP contribution in [0.3, 0.4) is 0 Å². The lowest BCUT2D eigenvalue weighted by atomic mass is 10.0. The van der Waals surface area contributed by atoms with Gasteiger partial charge in [-0.2, -0.15) is 9.97 Å². The molecule has 0 spiro atoms. The highest BCUT2D eigenvalue weighted by Gasteiger charge is 2.23. The molecule has 0 radical (unpaired) electrons. The van der Waals surface area contributed by atoms with E-state index < -0.39 is 0 Å². The monoisotopic (exact) mass is 741 g/mol. The van der Waals surface area contributed by atoms with Gasteiger partial charge in [-0.15, -0.1) is 0 Å². The molecular formula is C51H31N7. The highest BCUT2D eigenvalue weighted by molar-refractivity contribution is 6.27. The number of fused-ring (bicyclic) bond motifs is 12. The van der Waals surface area contributed by atoms with Crippen molar-refractivity contribution in [3.63, 3.8) is 0 Å². The third kappa shape index (κ3) is 4.97. The first-order chi connectivity index (χ1) is 28.8. The molecule has 270 valence electrons. The summed E-state index contributed by atoms with van der Waals surface area (Å²) in [4.78, 5) is 25.2. The molecule has 0 aliphatic carbocycles. The Hall–Kier alpha value is -8.03. The second kappa shape index (κ2) is 12.8. The molecule has 6 aromatic carbocycles. The fraction of sp³-hybridized carbons (Fsp3) is 0. The van der Waals surface area contributed by atoms with Crippen LogP contribution in [0, 0.1) is 0 Å². The molecule has 0 N–H and O–H groups in total. The number of benzene rings is 6. The third-order valence-corrected chi connectivity index (χ3v) is 11.2. The van der Waals surface area contributed by atoms with Crippen LogP contribution >= 0.6 is 0 Å². The molecule has 7 nitrogen and oxygen atoms in total. The summed E-state index contributed by atoms with van der Waals surface area (Å²) in [7, 11) is 0. The van der Waals surface area contributed by atoms with Gasteiger partial charge in [0.05, 0.1) is 39.0 Å². The number of hydrogen-bond acceptors (Lipinski definition) is 5. The molecule has 0 unspecified atom stereocenters. The van der Waals surface area contributed by atoms with E-state index in [9.17, 15) is 0 Å². The zero-order valence-corrected chi connectivity index (χ0v) is 31.0. The average molecular weight is 742 g/mol. The van der Waals surface area contributed by atoms with E-state index in [1.54, 1.807) is 0 Å². The normalized spacial score (nSPS) is 11.8. The maximum absolute atomic E-state index is 5.38. The third-order valence-electron chi connectivity index (χ3n) is 11.2. The van der Waals surface area contributed by atoms with Crippen molar-refractivity contribution in [1.29, 1.82) is 0 Å². The zero-order chi connectivity index (χ0) is 38.2. The fourth-order valence-electron chi connectivity index (χ4n) is 8.67. The molecule has 6 aromatic heterocycles. The molecule has 0 bridgehead atoms. The molecule has 0 fully saturated rings. The Labute approximate surface area is 332 Å². The van der Waals surface area contributed by atoms with Crippen molar-refractivity contribution >= 4 is 59.9 Å². The Morgan fingerprint density at radius 2 is 0.931 bits per heavy atom. The number of aromatic nitrogens is 7. The van der Waals surface area contributed by atoms with Crippen molar-refractivity contribution in [3.05, 3.63) is 188 Å². The standard InChI is InChI=1S/C51H31N7/c1-5-23-43-34(13-1)31-46-37-18-2-3-20-39(37)47-45(57(43)46)26-25-40-38-19-4-6-24-44(38)58(48(40)47)51-55-49(35-16-11-14-32(29-35)41-21-7-9-27-52-41)54-50(56-51)36-17-12-15-33(30-36)42-22-8-10-28-53-42/h1-31H. The molecule has 0 amide bonds. The van der Waals surface area contributed by atoms with E-state index in [4.69, 9.17) is 15.0 Å². The van der Waals surface area contributed by atoms with Gasteiger partial charge in [-0.05, 0) is 66.0 Å². The van der Waals surface area contributed by atoms with Crippen molar-refractivity contribution in [3.8, 4) is 51.2 Å². The summed E-state index contributed by atoms with van der Waals surface area (Å²) in [6.07, 6.45) is 3.63. The van der Waals surface area contributed by atoms with Gasteiger partial charge in [0.1, 0.15) is 0 Å². The van der Waals surface area contributed by atoms with E-state index in [1.807, 2.05) is 60.9 Å². The van der Waals surface area contributed by atoms with Gasteiger partial charge in [0.2, 0.25) is 5.95 Å². The summed E-state index contributed by atoms with van der Waals surface area (Å²) in [5.74, 6) is 1.67. The van der Waals surface area contributed by atoms with Gasteiger partial charge in [-0.3, -0.25) is 14.5 Å². The second-order valence-corrected chi connectivity index (χ2v) is 14.6. The van der Waals surface area contributed by atoms with Crippen LogP contribution < -0.4 is 0 Å². The predicted molar refractivity (Wildman–Crippen MR) is 235 cm³/mol. The number of para-hydroxylation sites is 2. The number of pyridine rings is 3. The van der Waals surface area contributed by atoms with Gasteiger partial charge in [-0.25, -0.2) is 4.98 Å². The van der Waals surface area contributed by atoms with Crippen molar-refractivity contribution in [2.45, 2.75) is 0 Å². The van der Waals surface area contributed by atoms with Crippen LogP contribution in [0.2, 0.25) is 0 Å². The molecule has 6 heterocycles. The first-order valence-corrected chi connectivity index (χ1v) is 19.3. The van der Waals surface area contributed by atoms with Crippen LogP contribution in [0.5, 0.6) is 0 Å². The van der Waals surface area contributed by atoms with Crippen LogP contribution in [0.15, 0.2) is 188 Å². The summed E-state index contributed by atoms with van der Waals surface area (Å²) in [5, 5.41) is 6.94.